The Kier molecular flexibility index (Phi) is 63.7. The van der Waals surface area contributed by atoms with Crippen molar-refractivity contribution in [3.63, 3.8) is 0 Å². The van der Waals surface area contributed by atoms with Crippen molar-refractivity contribution in [3.8, 4) is 0 Å². The number of aliphatic hydroxyl groups excluding tert-OH is 1. The Balaban J connectivity index is 3.90. The van der Waals surface area contributed by atoms with Gasteiger partial charge in [-0.25, -0.2) is 9.36 Å². The normalized spacial score (nSPS) is 17.2. The van der Waals surface area contributed by atoms with Crippen LogP contribution in [0.5, 0.6) is 0 Å². The van der Waals surface area contributed by atoms with Crippen LogP contribution in [0.3, 0.4) is 0 Å². The Bertz CT molecular complexity index is 2190. The molecule has 21 nitrogen and oxygen atoms in total. The van der Waals surface area contributed by atoms with Crippen LogP contribution in [0.25, 0.3) is 0 Å². The van der Waals surface area contributed by atoms with Gasteiger partial charge in [-0.15, -0.1) is 0 Å². The van der Waals surface area contributed by atoms with Gasteiger partial charge in [0.15, 0.2) is 12.3 Å². The highest BCUT2D eigenvalue weighted by atomic mass is 31.2. The highest BCUT2D eigenvalue weighted by molar-refractivity contribution is 7.46. The zero-order valence-corrected chi connectivity index (χ0v) is 67.7. The average Bonchev–Trinajstić information content (AvgIpc) is 0.780. The number of amides is 3. The summed E-state index contributed by atoms with van der Waals surface area (Å²) in [6, 6.07) is -4.86. The molecule has 1 aliphatic rings. The second-order valence-corrected chi connectivity index (χ2v) is 31.1. The fraction of sp³-hybridized carbons (Fsp3) is 0.915. The van der Waals surface area contributed by atoms with E-state index >= 15 is 0 Å². The van der Waals surface area contributed by atoms with Gasteiger partial charge in [0.2, 0.25) is 17.7 Å². The Morgan fingerprint density at radius 3 is 0.962 bits per heavy atom. The largest absolute Gasteiger partial charge is 0.470 e. The number of aliphatic hydroxyl groups is 1. The summed E-state index contributed by atoms with van der Waals surface area (Å²) in [5.41, 5.74) is 0. The van der Waals surface area contributed by atoms with E-state index in [0.29, 0.717) is 57.8 Å². The first kappa shape index (κ1) is 98.3. The number of phosphoric acid groups is 1. The zero-order chi connectivity index (χ0) is 76.5. The van der Waals surface area contributed by atoms with Crippen molar-refractivity contribution in [1.29, 1.82) is 0 Å². The van der Waals surface area contributed by atoms with Crippen LogP contribution in [0.2, 0.25) is 0 Å². The van der Waals surface area contributed by atoms with E-state index < -0.39 is 124 Å². The van der Waals surface area contributed by atoms with Gasteiger partial charge in [-0.1, -0.05) is 311 Å². The second kappa shape index (κ2) is 67.4. The van der Waals surface area contributed by atoms with Gasteiger partial charge in [-0.05, 0) is 57.8 Å². The monoisotopic (exact) mass is 1500 g/mol. The van der Waals surface area contributed by atoms with E-state index in [1.54, 1.807) is 0 Å². The zero-order valence-electron chi connectivity index (χ0n) is 66.8. The second-order valence-electron chi connectivity index (χ2n) is 29.9. The van der Waals surface area contributed by atoms with E-state index in [4.69, 9.17) is 32.9 Å². The molecule has 5 unspecified atom stereocenters. The first-order chi connectivity index (χ1) is 50.4. The number of hydrogen-bond donors (Lipinski definition) is 6. The molecule has 1 fully saturated rings. The summed E-state index contributed by atoms with van der Waals surface area (Å²) >= 11 is 0. The van der Waals surface area contributed by atoms with E-state index in [1.807, 2.05) is 0 Å². The Morgan fingerprint density at radius 1 is 0.394 bits per heavy atom. The summed E-state index contributed by atoms with van der Waals surface area (Å²) < 4.78 is 54.5. The number of unbranched alkanes of at least 4 members (excludes halogenated alkanes) is 42. The van der Waals surface area contributed by atoms with Crippen molar-refractivity contribution in [2.24, 2.45) is 0 Å². The fourth-order valence-electron chi connectivity index (χ4n) is 13.8. The lowest BCUT2D eigenvalue weighted by Crippen LogP contribution is -2.70. The molecule has 0 aliphatic carbocycles. The summed E-state index contributed by atoms with van der Waals surface area (Å²) in [5, 5.41) is 19.4. The molecule has 0 saturated carbocycles. The third-order valence-corrected chi connectivity index (χ3v) is 20.5. The van der Waals surface area contributed by atoms with Crippen LogP contribution < -0.4 is 16.0 Å². The van der Waals surface area contributed by atoms with Crippen molar-refractivity contribution in [1.82, 2.24) is 16.0 Å². The van der Waals surface area contributed by atoms with Gasteiger partial charge in [0.25, 0.3) is 0 Å². The lowest BCUT2D eigenvalue weighted by molar-refractivity contribution is -0.249. The van der Waals surface area contributed by atoms with Crippen molar-refractivity contribution in [3.05, 3.63) is 0 Å². The fourth-order valence-corrected chi connectivity index (χ4v) is 14.4. The molecular formula is C82H154N3O18P. The quantitative estimate of drug-likeness (QED) is 0.0143. The smallest absolute Gasteiger partial charge is 0.467 e. The van der Waals surface area contributed by atoms with Crippen LogP contribution in [-0.2, 0) is 71.1 Å². The number of phosphoric ester groups is 1. The Hall–Kier alpha value is -3.72. The molecule has 1 saturated heterocycles. The third-order valence-electron chi connectivity index (χ3n) is 20.0. The minimum absolute atomic E-state index is 0.154. The SMILES string of the molecule is CCCCCCCCCCC[C@H](CC(=O)NC1C(OC[C@H](NC(=O)C[C@@H](CCCCCCCCCCC)OC(=O)CCCCCCCCC)C(=O)OC)OC(CO)C(OP(=O)(O)O)C1NC(=O)C[C@@H](CCCCCCCCCCC)OC(=O)CCCCCCCCC)OC(=O)CCCCCCCCC. The molecule has 104 heavy (non-hydrogen) atoms. The average molecular weight is 1500 g/mol. The first-order valence-corrected chi connectivity index (χ1v) is 44.1. The molecular weight excluding hydrogens is 1350 g/mol. The highest BCUT2D eigenvalue weighted by Crippen LogP contribution is 2.42. The van der Waals surface area contributed by atoms with Gasteiger partial charge in [0.05, 0.1) is 45.6 Å². The molecule has 0 aromatic rings. The highest BCUT2D eigenvalue weighted by Gasteiger charge is 2.51. The number of methoxy groups -OCH3 is 1. The topological polar surface area (TPSA) is 298 Å². The predicted molar refractivity (Wildman–Crippen MR) is 413 cm³/mol. The molecule has 22 heteroatoms. The van der Waals surface area contributed by atoms with Crippen molar-refractivity contribution < 1.29 is 86.0 Å². The van der Waals surface area contributed by atoms with Gasteiger partial charge in [-0.2, -0.15) is 0 Å². The van der Waals surface area contributed by atoms with Gasteiger partial charge in [0.1, 0.15) is 36.6 Å². The molecule has 9 atom stereocenters. The standard InChI is InChI=1S/C82H154N3O18P/c1-8-14-20-26-32-35-41-44-50-56-67(99-75(90)59-53-47-38-29-23-17-11-4)62-72(87)83-70(81(93)97-7)66-98-82-79(85-74(89)64-69(58-52-46-43-37-34-28-22-16-10-3)101-77(92)61-55-49-40-31-25-19-13-6)78(80(71(65-86)102-82)103-104(94,95)96)84-73(88)63-68(57-51-45-42-36-33-27-21-15-9-2)100-76(91)60-54-48-39-30-24-18-12-5/h67-71,78-80,82,86H,8-66H2,1-7H3,(H,83,87)(H,84,88)(H,85,89)(H2,94,95,96)/t67-,68-,69-,70+,71?,78?,79?,80?,82?/m1/s1. The molecule has 610 valence electrons. The van der Waals surface area contributed by atoms with Crippen molar-refractivity contribution in [2.45, 2.75) is 462 Å². The Morgan fingerprint density at radius 2 is 0.673 bits per heavy atom. The van der Waals surface area contributed by atoms with Gasteiger partial charge in [0, 0.05) is 19.3 Å². The van der Waals surface area contributed by atoms with Gasteiger partial charge >= 0.3 is 31.7 Å². The molecule has 0 bridgehead atoms. The van der Waals surface area contributed by atoms with Crippen LogP contribution in [0.1, 0.15) is 408 Å². The van der Waals surface area contributed by atoms with Crippen LogP contribution >= 0.6 is 7.82 Å². The third kappa shape index (κ3) is 54.8. The molecule has 0 aromatic carbocycles. The summed E-state index contributed by atoms with van der Waals surface area (Å²) in [7, 11) is -4.39. The number of hydrogen-bond acceptors (Lipinski definition) is 16. The molecule has 1 rings (SSSR count). The number of rotatable bonds is 73. The van der Waals surface area contributed by atoms with Crippen LogP contribution in [0, 0.1) is 0 Å². The molecule has 3 amide bonds. The molecule has 0 spiro atoms. The minimum atomic E-state index is -5.51. The molecule has 0 radical (unpaired) electrons. The summed E-state index contributed by atoms with van der Waals surface area (Å²) in [6.45, 7) is 11.4. The maximum Gasteiger partial charge on any atom is 0.470 e. The van der Waals surface area contributed by atoms with E-state index in [2.05, 4.69) is 57.5 Å². The number of carbonyl (C=O) groups is 7. The predicted octanol–water partition coefficient (Wildman–Crippen LogP) is 18.9. The number of esters is 4. The van der Waals surface area contributed by atoms with Crippen molar-refractivity contribution in [2.75, 3.05) is 20.3 Å². The van der Waals surface area contributed by atoms with Gasteiger partial charge < -0.3 is 59.3 Å². The van der Waals surface area contributed by atoms with E-state index in [1.165, 1.54) is 57.8 Å². The lowest BCUT2D eigenvalue weighted by atomic mass is 9.93. The summed E-state index contributed by atoms with van der Waals surface area (Å²) in [6.07, 6.45) is 41.8. The lowest BCUT2D eigenvalue weighted by Gasteiger charge is -2.46. The van der Waals surface area contributed by atoms with E-state index in [0.717, 1.165) is 219 Å². The summed E-state index contributed by atoms with van der Waals surface area (Å²) in [4.78, 5) is 120. The number of nitrogens with one attached hydrogen (secondary N) is 3. The van der Waals surface area contributed by atoms with Crippen LogP contribution in [-0.4, -0.2) is 132 Å². The maximum atomic E-state index is 14.9. The molecule has 0 aromatic heterocycles. The summed E-state index contributed by atoms with van der Waals surface area (Å²) in [5.74, 6) is -4.39. The van der Waals surface area contributed by atoms with Gasteiger partial charge in [-0.3, -0.25) is 33.3 Å². The van der Waals surface area contributed by atoms with E-state index in [-0.39, 0.29) is 32.1 Å². The molecule has 1 aliphatic heterocycles. The maximum absolute atomic E-state index is 14.9. The van der Waals surface area contributed by atoms with Crippen molar-refractivity contribution >= 4 is 49.4 Å². The van der Waals surface area contributed by atoms with E-state index in [9.17, 15) is 53.0 Å². The first-order valence-electron chi connectivity index (χ1n) is 42.5. The molecule has 6 N–H and O–H groups in total. The minimum Gasteiger partial charge on any atom is -0.467 e. The molecule has 1 heterocycles. The number of ether oxygens (including phenoxy) is 6. The van der Waals surface area contributed by atoms with Crippen LogP contribution in [0.4, 0.5) is 0 Å². The Labute approximate surface area is 631 Å². The number of carbonyl (C=O) groups excluding carboxylic acids is 7. The van der Waals surface area contributed by atoms with Crippen LogP contribution in [0.15, 0.2) is 0 Å².